The number of imide groups is 1. The van der Waals surface area contributed by atoms with Crippen molar-refractivity contribution in [3.05, 3.63) is 28.2 Å². The van der Waals surface area contributed by atoms with Crippen molar-refractivity contribution < 1.29 is 14.4 Å². The van der Waals surface area contributed by atoms with Crippen LogP contribution in [0.15, 0.2) is 22.7 Å². The molecule has 1 aliphatic heterocycles. The Morgan fingerprint density at radius 2 is 2.09 bits per heavy atom. The van der Waals surface area contributed by atoms with Gasteiger partial charge in [0.2, 0.25) is 5.91 Å². The van der Waals surface area contributed by atoms with Gasteiger partial charge in [-0.2, -0.15) is 0 Å². The molecule has 2 N–H and O–H groups in total. The molecule has 0 unspecified atom stereocenters. The van der Waals surface area contributed by atoms with E-state index in [1.54, 1.807) is 6.07 Å². The van der Waals surface area contributed by atoms with E-state index in [9.17, 15) is 14.4 Å². The van der Waals surface area contributed by atoms with Crippen molar-refractivity contribution in [2.75, 3.05) is 11.9 Å². The summed E-state index contributed by atoms with van der Waals surface area (Å²) in [5.41, 5.74) is 1.55. The number of carbonyl (C=O) groups excluding carboxylic acids is 3. The lowest BCUT2D eigenvalue weighted by atomic mass is 10.0. The van der Waals surface area contributed by atoms with Crippen LogP contribution in [0.5, 0.6) is 0 Å². The molecule has 0 aromatic heterocycles. The Labute approximate surface area is 143 Å². The number of rotatable bonds is 5. The third-order valence-electron chi connectivity index (χ3n) is 3.58. The van der Waals surface area contributed by atoms with Crippen molar-refractivity contribution in [3.8, 4) is 0 Å². The van der Waals surface area contributed by atoms with Gasteiger partial charge in [-0.1, -0.05) is 29.8 Å². The van der Waals surface area contributed by atoms with Gasteiger partial charge >= 0.3 is 6.03 Å². The molecule has 1 aliphatic rings. The molecule has 0 radical (unpaired) electrons. The average molecular weight is 382 g/mol. The van der Waals surface area contributed by atoms with Gasteiger partial charge in [-0.25, -0.2) is 4.79 Å². The van der Waals surface area contributed by atoms with Crippen molar-refractivity contribution in [2.45, 2.75) is 33.2 Å². The fourth-order valence-electron chi connectivity index (χ4n) is 2.46. The van der Waals surface area contributed by atoms with Crippen LogP contribution >= 0.6 is 15.9 Å². The minimum atomic E-state index is -0.537. The topological polar surface area (TPSA) is 78.5 Å². The quantitative estimate of drug-likeness (QED) is 0.769. The number of urea groups is 1. The molecular formula is C16H20BrN3O3. The number of carbonyl (C=O) groups is 3. The Kier molecular flexibility index (Phi) is 5.41. The SMILES string of the molecule is Cc1cc(Br)ccc1NC(=O)CN1C(=O)N[C@H](CC(C)C)C1=O. The first kappa shape index (κ1) is 17.5. The van der Waals surface area contributed by atoms with E-state index >= 15 is 0 Å². The molecule has 1 aromatic carbocycles. The molecule has 2 rings (SSSR count). The van der Waals surface area contributed by atoms with E-state index in [4.69, 9.17) is 0 Å². The highest BCUT2D eigenvalue weighted by Gasteiger charge is 2.38. The molecule has 1 saturated heterocycles. The van der Waals surface area contributed by atoms with E-state index in [1.165, 1.54) is 0 Å². The fraction of sp³-hybridized carbons (Fsp3) is 0.438. The predicted molar refractivity (Wildman–Crippen MR) is 91.0 cm³/mol. The maximum Gasteiger partial charge on any atom is 0.325 e. The van der Waals surface area contributed by atoms with Gasteiger partial charge in [0.1, 0.15) is 12.6 Å². The highest BCUT2D eigenvalue weighted by atomic mass is 79.9. The first-order valence-corrected chi connectivity index (χ1v) is 8.25. The molecule has 0 saturated carbocycles. The highest BCUT2D eigenvalue weighted by molar-refractivity contribution is 9.10. The molecule has 4 amide bonds. The van der Waals surface area contributed by atoms with E-state index in [1.807, 2.05) is 32.9 Å². The third kappa shape index (κ3) is 4.31. The Morgan fingerprint density at radius 1 is 1.39 bits per heavy atom. The van der Waals surface area contributed by atoms with Gasteiger partial charge in [0.15, 0.2) is 0 Å². The van der Waals surface area contributed by atoms with Crippen LogP contribution in [0.3, 0.4) is 0 Å². The summed E-state index contributed by atoms with van der Waals surface area (Å²) in [7, 11) is 0. The van der Waals surface area contributed by atoms with Crippen LogP contribution in [0.1, 0.15) is 25.8 Å². The molecule has 124 valence electrons. The van der Waals surface area contributed by atoms with Crippen LogP contribution in [0.4, 0.5) is 10.5 Å². The number of benzene rings is 1. The molecule has 6 nitrogen and oxygen atoms in total. The molecule has 1 heterocycles. The van der Waals surface area contributed by atoms with Gasteiger partial charge in [0, 0.05) is 10.2 Å². The molecule has 0 spiro atoms. The molecule has 0 bridgehead atoms. The van der Waals surface area contributed by atoms with Crippen LogP contribution in [0.25, 0.3) is 0 Å². The summed E-state index contributed by atoms with van der Waals surface area (Å²) in [6.45, 7) is 5.54. The predicted octanol–water partition coefficient (Wildman–Crippen LogP) is 2.66. The number of nitrogens with zero attached hydrogens (tertiary/aromatic N) is 1. The average Bonchev–Trinajstić information content (AvgIpc) is 2.69. The fourth-order valence-corrected chi connectivity index (χ4v) is 2.93. The lowest BCUT2D eigenvalue weighted by molar-refractivity contribution is -0.131. The summed E-state index contributed by atoms with van der Waals surface area (Å²) in [5, 5.41) is 5.35. The van der Waals surface area contributed by atoms with Gasteiger partial charge in [-0.15, -0.1) is 0 Å². The number of hydrogen-bond acceptors (Lipinski definition) is 3. The van der Waals surface area contributed by atoms with Crippen LogP contribution in [-0.2, 0) is 9.59 Å². The Morgan fingerprint density at radius 3 is 2.70 bits per heavy atom. The number of aryl methyl sites for hydroxylation is 1. The molecule has 1 atom stereocenters. The lowest BCUT2D eigenvalue weighted by Gasteiger charge is -2.14. The lowest BCUT2D eigenvalue weighted by Crippen LogP contribution is -2.38. The zero-order valence-corrected chi connectivity index (χ0v) is 14.9. The van der Waals surface area contributed by atoms with Gasteiger partial charge in [-0.3, -0.25) is 14.5 Å². The zero-order valence-electron chi connectivity index (χ0n) is 13.4. The standard InChI is InChI=1S/C16H20BrN3O3/c1-9(2)6-13-15(22)20(16(23)19-13)8-14(21)18-12-5-4-11(17)7-10(12)3/h4-5,7,9,13H,6,8H2,1-3H3,(H,18,21)(H,19,23)/t13-/m1/s1. The molecule has 7 heteroatoms. The molecule has 23 heavy (non-hydrogen) atoms. The minimum Gasteiger partial charge on any atom is -0.326 e. The number of anilines is 1. The number of nitrogens with one attached hydrogen (secondary N) is 2. The summed E-state index contributed by atoms with van der Waals surface area (Å²) in [4.78, 5) is 37.2. The molecule has 0 aliphatic carbocycles. The first-order chi connectivity index (χ1) is 10.8. The van der Waals surface area contributed by atoms with Gasteiger partial charge in [0.05, 0.1) is 0 Å². The van der Waals surface area contributed by atoms with Crippen LogP contribution in [0, 0.1) is 12.8 Å². The van der Waals surface area contributed by atoms with Gasteiger partial charge < -0.3 is 10.6 Å². The van der Waals surface area contributed by atoms with E-state index in [2.05, 4.69) is 26.6 Å². The van der Waals surface area contributed by atoms with Crippen molar-refractivity contribution in [2.24, 2.45) is 5.92 Å². The second kappa shape index (κ2) is 7.12. The summed E-state index contributed by atoms with van der Waals surface area (Å²) >= 11 is 3.36. The largest absolute Gasteiger partial charge is 0.326 e. The minimum absolute atomic E-state index is 0.281. The van der Waals surface area contributed by atoms with Crippen molar-refractivity contribution in [1.29, 1.82) is 0 Å². The first-order valence-electron chi connectivity index (χ1n) is 7.45. The third-order valence-corrected chi connectivity index (χ3v) is 4.07. The maximum atomic E-state index is 12.2. The Bertz CT molecular complexity index is 645. The number of halogens is 1. The maximum absolute atomic E-state index is 12.2. The van der Waals surface area contributed by atoms with E-state index < -0.39 is 18.0 Å². The van der Waals surface area contributed by atoms with E-state index in [0.717, 1.165) is 14.9 Å². The summed E-state index contributed by atoms with van der Waals surface area (Å²) < 4.78 is 0.915. The van der Waals surface area contributed by atoms with Crippen LogP contribution in [0.2, 0.25) is 0 Å². The monoisotopic (exact) mass is 381 g/mol. The Hall–Kier alpha value is -1.89. The zero-order chi connectivity index (χ0) is 17.1. The van der Waals surface area contributed by atoms with Crippen molar-refractivity contribution >= 4 is 39.5 Å². The van der Waals surface area contributed by atoms with E-state index in [-0.39, 0.29) is 18.4 Å². The second-order valence-corrected chi connectivity index (χ2v) is 6.98. The molecule has 1 aromatic rings. The van der Waals surface area contributed by atoms with Crippen LogP contribution in [-0.4, -0.2) is 35.3 Å². The number of hydrogen-bond donors (Lipinski definition) is 2. The second-order valence-electron chi connectivity index (χ2n) is 6.06. The summed E-state index contributed by atoms with van der Waals surface area (Å²) in [6, 6.07) is 4.41. The normalized spacial score (nSPS) is 17.6. The van der Waals surface area contributed by atoms with Crippen molar-refractivity contribution in [3.63, 3.8) is 0 Å². The van der Waals surface area contributed by atoms with Crippen LogP contribution < -0.4 is 10.6 Å². The molecule has 1 fully saturated rings. The van der Waals surface area contributed by atoms with Crippen molar-refractivity contribution in [1.82, 2.24) is 10.2 Å². The van der Waals surface area contributed by atoms with Gasteiger partial charge in [0.25, 0.3) is 5.91 Å². The molecular weight excluding hydrogens is 362 g/mol. The van der Waals surface area contributed by atoms with Gasteiger partial charge in [-0.05, 0) is 43.0 Å². The smallest absolute Gasteiger partial charge is 0.325 e. The summed E-state index contributed by atoms with van der Waals surface area (Å²) in [6.07, 6.45) is 0.564. The Balaban J connectivity index is 1.99. The highest BCUT2D eigenvalue weighted by Crippen LogP contribution is 2.20. The van der Waals surface area contributed by atoms with E-state index in [0.29, 0.717) is 12.1 Å². The summed E-state index contributed by atoms with van der Waals surface area (Å²) in [5.74, 6) is -0.459. The number of amides is 4.